The van der Waals surface area contributed by atoms with E-state index in [1.807, 2.05) is 20.8 Å². The Bertz CT molecular complexity index is 650. The van der Waals surface area contributed by atoms with Crippen LogP contribution >= 0.6 is 23.2 Å². The summed E-state index contributed by atoms with van der Waals surface area (Å²) in [5.74, 6) is -1.42. The summed E-state index contributed by atoms with van der Waals surface area (Å²) in [4.78, 5) is 36.3. The summed E-state index contributed by atoms with van der Waals surface area (Å²) >= 11 is 11.9. The molecule has 1 aromatic carbocycles. The minimum absolute atomic E-state index is 0.127. The third-order valence-electron chi connectivity index (χ3n) is 3.39. The summed E-state index contributed by atoms with van der Waals surface area (Å²) in [5.41, 5.74) is 0.207. The van der Waals surface area contributed by atoms with Crippen LogP contribution in [0.5, 0.6) is 0 Å². The average Bonchev–Trinajstić information content (AvgIpc) is 2.56. The highest BCUT2D eigenvalue weighted by Crippen LogP contribution is 2.21. The van der Waals surface area contributed by atoms with Crippen LogP contribution in [0.4, 0.5) is 0 Å². The van der Waals surface area contributed by atoms with Gasteiger partial charge in [-0.05, 0) is 37.0 Å². The van der Waals surface area contributed by atoms with Crippen LogP contribution in [0.2, 0.25) is 10.0 Å². The lowest BCUT2D eigenvalue weighted by atomic mass is 10.0. The van der Waals surface area contributed by atoms with Crippen molar-refractivity contribution < 1.29 is 19.1 Å². The second kappa shape index (κ2) is 11.0. The Kier molecular flexibility index (Phi) is 9.44. The Morgan fingerprint density at radius 1 is 1.19 bits per heavy atom. The van der Waals surface area contributed by atoms with E-state index >= 15 is 0 Å². The van der Waals surface area contributed by atoms with Crippen LogP contribution in [0.3, 0.4) is 0 Å². The van der Waals surface area contributed by atoms with Crippen molar-refractivity contribution in [1.29, 1.82) is 0 Å². The van der Waals surface area contributed by atoms with Crippen molar-refractivity contribution in [3.63, 3.8) is 0 Å². The third kappa shape index (κ3) is 7.62. The predicted molar refractivity (Wildman–Crippen MR) is 101 cm³/mol. The number of carbonyl (C=O) groups excluding carboxylic acids is 3. The molecule has 6 nitrogen and oxygen atoms in total. The normalized spacial score (nSPS) is 11.8. The molecule has 1 rings (SSSR count). The van der Waals surface area contributed by atoms with Crippen LogP contribution in [0.15, 0.2) is 18.2 Å². The van der Waals surface area contributed by atoms with Crippen molar-refractivity contribution in [2.45, 2.75) is 39.7 Å². The van der Waals surface area contributed by atoms with Crippen LogP contribution in [0.25, 0.3) is 0 Å². The molecular weight excluding hydrogens is 379 g/mol. The van der Waals surface area contributed by atoms with E-state index in [0.29, 0.717) is 18.0 Å². The van der Waals surface area contributed by atoms with Gasteiger partial charge in [-0.15, -0.1) is 0 Å². The molecule has 0 saturated heterocycles. The van der Waals surface area contributed by atoms with Gasteiger partial charge in [-0.25, -0.2) is 4.79 Å². The third-order valence-corrected chi connectivity index (χ3v) is 3.94. The summed E-state index contributed by atoms with van der Waals surface area (Å²) in [5, 5.41) is 5.82. The molecule has 0 aromatic heterocycles. The van der Waals surface area contributed by atoms with E-state index in [1.165, 1.54) is 18.2 Å². The molecule has 144 valence electrons. The molecule has 0 unspecified atom stereocenters. The SMILES string of the molecule is CCCNC(=O)COC(=O)[C@H](CC(C)C)NC(=O)c1ccc(Cl)cc1Cl. The lowest BCUT2D eigenvalue weighted by Crippen LogP contribution is -2.43. The smallest absolute Gasteiger partial charge is 0.329 e. The second-order valence-corrected chi connectivity index (χ2v) is 7.08. The van der Waals surface area contributed by atoms with Gasteiger partial charge in [0.2, 0.25) is 0 Å². The van der Waals surface area contributed by atoms with Gasteiger partial charge in [0.1, 0.15) is 6.04 Å². The van der Waals surface area contributed by atoms with E-state index in [-0.39, 0.29) is 29.0 Å². The molecule has 26 heavy (non-hydrogen) atoms. The predicted octanol–water partition coefficient (Wildman–Crippen LogP) is 3.21. The van der Waals surface area contributed by atoms with E-state index < -0.39 is 17.9 Å². The highest BCUT2D eigenvalue weighted by atomic mass is 35.5. The number of esters is 1. The maximum absolute atomic E-state index is 12.4. The first-order valence-electron chi connectivity index (χ1n) is 8.43. The first-order valence-corrected chi connectivity index (χ1v) is 9.19. The number of benzene rings is 1. The maximum atomic E-state index is 12.4. The van der Waals surface area contributed by atoms with Crippen molar-refractivity contribution in [2.75, 3.05) is 13.2 Å². The molecule has 0 radical (unpaired) electrons. The quantitative estimate of drug-likeness (QED) is 0.621. The maximum Gasteiger partial charge on any atom is 0.329 e. The van der Waals surface area contributed by atoms with Crippen LogP contribution < -0.4 is 10.6 Å². The van der Waals surface area contributed by atoms with Crippen molar-refractivity contribution in [1.82, 2.24) is 10.6 Å². The second-order valence-electron chi connectivity index (χ2n) is 6.24. The van der Waals surface area contributed by atoms with E-state index in [1.54, 1.807) is 0 Å². The van der Waals surface area contributed by atoms with Gasteiger partial charge in [0.25, 0.3) is 11.8 Å². The molecule has 0 aliphatic carbocycles. The Morgan fingerprint density at radius 2 is 1.88 bits per heavy atom. The molecule has 0 aliphatic rings. The fourth-order valence-electron chi connectivity index (χ4n) is 2.15. The monoisotopic (exact) mass is 402 g/mol. The zero-order chi connectivity index (χ0) is 19.7. The molecule has 0 bridgehead atoms. The molecule has 8 heteroatoms. The van der Waals surface area contributed by atoms with Gasteiger partial charge in [-0.1, -0.05) is 44.0 Å². The van der Waals surface area contributed by atoms with Crippen LogP contribution in [0.1, 0.15) is 44.0 Å². The number of rotatable bonds is 9. The summed E-state index contributed by atoms with van der Waals surface area (Å²) in [7, 11) is 0. The zero-order valence-electron chi connectivity index (χ0n) is 15.1. The molecule has 0 spiro atoms. The number of amides is 2. The van der Waals surface area contributed by atoms with Gasteiger partial charge in [0.15, 0.2) is 6.61 Å². The molecule has 0 heterocycles. The summed E-state index contributed by atoms with van der Waals surface area (Å²) in [6, 6.07) is 3.59. The summed E-state index contributed by atoms with van der Waals surface area (Å²) in [6.07, 6.45) is 1.15. The Morgan fingerprint density at radius 3 is 2.46 bits per heavy atom. The molecule has 0 saturated carbocycles. The van der Waals surface area contributed by atoms with Gasteiger partial charge < -0.3 is 15.4 Å². The van der Waals surface area contributed by atoms with E-state index in [9.17, 15) is 14.4 Å². The van der Waals surface area contributed by atoms with Crippen LogP contribution in [0, 0.1) is 5.92 Å². The van der Waals surface area contributed by atoms with Crippen LogP contribution in [-0.2, 0) is 14.3 Å². The number of halogens is 2. The average molecular weight is 403 g/mol. The first kappa shape index (κ1) is 22.3. The van der Waals surface area contributed by atoms with Gasteiger partial charge in [0, 0.05) is 11.6 Å². The van der Waals surface area contributed by atoms with Crippen molar-refractivity contribution in [3.8, 4) is 0 Å². The minimum atomic E-state index is -0.881. The number of ether oxygens (including phenoxy) is 1. The zero-order valence-corrected chi connectivity index (χ0v) is 16.6. The fraction of sp³-hybridized carbons (Fsp3) is 0.500. The van der Waals surface area contributed by atoms with E-state index in [0.717, 1.165) is 6.42 Å². The first-order chi connectivity index (χ1) is 12.2. The van der Waals surface area contributed by atoms with E-state index in [4.69, 9.17) is 27.9 Å². The van der Waals surface area contributed by atoms with Gasteiger partial charge in [-0.2, -0.15) is 0 Å². The van der Waals surface area contributed by atoms with Crippen LogP contribution in [-0.4, -0.2) is 37.0 Å². The lowest BCUT2D eigenvalue weighted by Gasteiger charge is -2.19. The summed E-state index contributed by atoms with van der Waals surface area (Å²) in [6.45, 7) is 5.87. The Labute approximate surface area is 163 Å². The molecule has 0 fully saturated rings. The lowest BCUT2D eigenvalue weighted by molar-refractivity contribution is -0.150. The fourth-order valence-corrected chi connectivity index (χ4v) is 2.64. The standard InChI is InChI=1S/C18H24Cl2N2O4/c1-4-7-21-16(23)10-26-18(25)15(8-11(2)3)22-17(24)13-6-5-12(19)9-14(13)20/h5-6,9,11,15H,4,7-8,10H2,1-3H3,(H,21,23)(H,22,24)/t15-/m0/s1. The largest absolute Gasteiger partial charge is 0.454 e. The van der Waals surface area contributed by atoms with E-state index in [2.05, 4.69) is 10.6 Å². The van der Waals surface area contributed by atoms with Gasteiger partial charge in [-0.3, -0.25) is 9.59 Å². The molecule has 2 N–H and O–H groups in total. The molecule has 1 atom stereocenters. The van der Waals surface area contributed by atoms with Crippen molar-refractivity contribution in [3.05, 3.63) is 33.8 Å². The highest BCUT2D eigenvalue weighted by molar-refractivity contribution is 6.36. The number of carbonyl (C=O) groups is 3. The minimum Gasteiger partial charge on any atom is -0.454 e. The number of nitrogens with one attached hydrogen (secondary N) is 2. The van der Waals surface area contributed by atoms with Gasteiger partial charge >= 0.3 is 5.97 Å². The van der Waals surface area contributed by atoms with Crippen molar-refractivity contribution >= 4 is 41.0 Å². The number of hydrogen-bond donors (Lipinski definition) is 2. The topological polar surface area (TPSA) is 84.5 Å². The summed E-state index contributed by atoms with van der Waals surface area (Å²) < 4.78 is 5.03. The Balaban J connectivity index is 2.74. The molecule has 2 amide bonds. The Hall–Kier alpha value is -1.79. The molecular formula is C18H24Cl2N2O4. The molecule has 1 aromatic rings. The molecule has 0 aliphatic heterocycles. The highest BCUT2D eigenvalue weighted by Gasteiger charge is 2.25. The van der Waals surface area contributed by atoms with Gasteiger partial charge in [0.05, 0.1) is 10.6 Å². The number of hydrogen-bond acceptors (Lipinski definition) is 4. The van der Waals surface area contributed by atoms with Crippen molar-refractivity contribution in [2.24, 2.45) is 5.92 Å².